The number of nitrogens with one attached hydrogen (secondary N) is 1. The van der Waals surface area contributed by atoms with Crippen molar-refractivity contribution in [2.75, 3.05) is 0 Å². The molecule has 4 heteroatoms. The van der Waals surface area contributed by atoms with Gasteiger partial charge in [0.1, 0.15) is 0 Å². The number of para-hydroxylation sites is 1. The standard InChI is InChI=1S/C24H25N3O/c1-16-7-2-5-12-22(16)27-23(18-13-14-18)20(15-25-27)24(28)26-21-11-6-9-17-8-3-4-10-19(17)21/h2-5,7-8,10,12,15,18,21H,6,9,11,13-14H2,1H3,(H,26,28). The van der Waals surface area contributed by atoms with Crippen molar-refractivity contribution in [1.29, 1.82) is 0 Å². The van der Waals surface area contributed by atoms with Gasteiger partial charge >= 0.3 is 0 Å². The van der Waals surface area contributed by atoms with E-state index in [1.54, 1.807) is 6.20 Å². The van der Waals surface area contributed by atoms with Crippen LogP contribution in [0.1, 0.15) is 70.4 Å². The van der Waals surface area contributed by atoms with Crippen molar-refractivity contribution in [2.24, 2.45) is 0 Å². The van der Waals surface area contributed by atoms with Crippen LogP contribution in [-0.2, 0) is 6.42 Å². The van der Waals surface area contributed by atoms with Gasteiger partial charge in [-0.1, -0.05) is 42.5 Å². The van der Waals surface area contributed by atoms with Gasteiger partial charge in [0.25, 0.3) is 5.91 Å². The quantitative estimate of drug-likeness (QED) is 0.711. The molecule has 1 atom stereocenters. The fourth-order valence-electron chi connectivity index (χ4n) is 4.42. The van der Waals surface area contributed by atoms with Crippen molar-refractivity contribution in [2.45, 2.75) is 51.0 Å². The number of hydrogen-bond acceptors (Lipinski definition) is 2. The number of carbonyl (C=O) groups is 1. The van der Waals surface area contributed by atoms with Crippen molar-refractivity contribution in [3.8, 4) is 5.69 Å². The molecule has 5 rings (SSSR count). The predicted octanol–water partition coefficient (Wildman–Crippen LogP) is 4.87. The number of fused-ring (bicyclic) bond motifs is 1. The van der Waals surface area contributed by atoms with Crippen molar-refractivity contribution in [3.05, 3.63) is 82.7 Å². The van der Waals surface area contributed by atoms with Gasteiger partial charge in [-0.15, -0.1) is 0 Å². The number of aromatic nitrogens is 2. The molecule has 0 bridgehead atoms. The SMILES string of the molecule is Cc1ccccc1-n1ncc(C(=O)NC2CCCc3ccccc32)c1C1CC1. The van der Waals surface area contributed by atoms with Gasteiger partial charge in [-0.25, -0.2) is 4.68 Å². The molecule has 0 saturated heterocycles. The van der Waals surface area contributed by atoms with E-state index in [0.29, 0.717) is 5.92 Å². The number of aryl methyl sites for hydroxylation is 2. The molecule has 1 amide bonds. The minimum Gasteiger partial charge on any atom is -0.345 e. The van der Waals surface area contributed by atoms with E-state index < -0.39 is 0 Å². The van der Waals surface area contributed by atoms with Crippen LogP contribution in [0.2, 0.25) is 0 Å². The van der Waals surface area contributed by atoms with Gasteiger partial charge in [0, 0.05) is 5.92 Å². The van der Waals surface area contributed by atoms with Gasteiger partial charge in [0.2, 0.25) is 0 Å². The summed E-state index contributed by atoms with van der Waals surface area (Å²) < 4.78 is 1.98. The lowest BCUT2D eigenvalue weighted by Crippen LogP contribution is -2.31. The Balaban J connectivity index is 1.48. The summed E-state index contributed by atoms with van der Waals surface area (Å²) in [6, 6.07) is 16.8. The molecule has 28 heavy (non-hydrogen) atoms. The second kappa shape index (κ2) is 6.93. The van der Waals surface area contributed by atoms with Crippen LogP contribution in [0.4, 0.5) is 0 Å². The third-order valence-electron chi connectivity index (χ3n) is 6.03. The van der Waals surface area contributed by atoms with Crippen LogP contribution in [0.5, 0.6) is 0 Å². The Morgan fingerprint density at radius 3 is 2.68 bits per heavy atom. The molecular weight excluding hydrogens is 346 g/mol. The molecule has 0 aliphatic heterocycles. The van der Waals surface area contributed by atoms with Crippen molar-refractivity contribution in [1.82, 2.24) is 15.1 Å². The molecule has 1 saturated carbocycles. The number of hydrogen-bond donors (Lipinski definition) is 1. The maximum Gasteiger partial charge on any atom is 0.255 e. The molecule has 2 aliphatic rings. The van der Waals surface area contributed by atoms with Crippen molar-refractivity contribution in [3.63, 3.8) is 0 Å². The van der Waals surface area contributed by atoms with Gasteiger partial charge < -0.3 is 5.32 Å². The summed E-state index contributed by atoms with van der Waals surface area (Å²) >= 11 is 0. The first-order valence-corrected chi connectivity index (χ1v) is 10.2. The van der Waals surface area contributed by atoms with Crippen molar-refractivity contribution < 1.29 is 4.79 Å². The highest BCUT2D eigenvalue weighted by atomic mass is 16.1. The Kier molecular flexibility index (Phi) is 4.27. The summed E-state index contributed by atoms with van der Waals surface area (Å²) in [5, 5.41) is 7.92. The van der Waals surface area contributed by atoms with Crippen LogP contribution >= 0.6 is 0 Å². The Labute approximate surface area is 165 Å². The van der Waals surface area contributed by atoms with E-state index >= 15 is 0 Å². The summed E-state index contributed by atoms with van der Waals surface area (Å²) in [5.74, 6) is 0.435. The van der Waals surface area contributed by atoms with Gasteiger partial charge in [-0.2, -0.15) is 5.10 Å². The van der Waals surface area contributed by atoms with E-state index in [0.717, 1.165) is 49.0 Å². The number of benzene rings is 2. The Hall–Kier alpha value is -2.88. The lowest BCUT2D eigenvalue weighted by Gasteiger charge is -2.26. The summed E-state index contributed by atoms with van der Waals surface area (Å²) in [6.07, 6.45) is 7.22. The Morgan fingerprint density at radius 1 is 1.07 bits per heavy atom. The smallest absolute Gasteiger partial charge is 0.255 e. The minimum atomic E-state index is 0.00318. The van der Waals surface area contributed by atoms with Gasteiger partial charge in [-0.3, -0.25) is 4.79 Å². The highest BCUT2D eigenvalue weighted by Gasteiger charge is 2.34. The molecule has 1 heterocycles. The van der Waals surface area contributed by atoms with Crippen LogP contribution in [0.3, 0.4) is 0 Å². The molecule has 0 spiro atoms. The summed E-state index contributed by atoms with van der Waals surface area (Å²) in [6.45, 7) is 2.09. The Bertz CT molecular complexity index is 1030. The van der Waals surface area contributed by atoms with E-state index in [1.807, 2.05) is 16.8 Å². The zero-order chi connectivity index (χ0) is 19.1. The van der Waals surface area contributed by atoms with Gasteiger partial charge in [0.15, 0.2) is 0 Å². The average Bonchev–Trinajstić information content (AvgIpc) is 3.47. The number of nitrogens with zero attached hydrogens (tertiary/aromatic N) is 2. The first kappa shape index (κ1) is 17.2. The summed E-state index contributed by atoms with van der Waals surface area (Å²) in [4.78, 5) is 13.2. The largest absolute Gasteiger partial charge is 0.345 e. The second-order valence-electron chi connectivity index (χ2n) is 8.03. The van der Waals surface area contributed by atoms with Crippen LogP contribution < -0.4 is 5.32 Å². The van der Waals surface area contributed by atoms with E-state index in [9.17, 15) is 4.79 Å². The molecule has 2 aromatic carbocycles. The fourth-order valence-corrected chi connectivity index (χ4v) is 4.42. The van der Waals surface area contributed by atoms with Crippen LogP contribution in [-0.4, -0.2) is 15.7 Å². The fraction of sp³-hybridized carbons (Fsp3) is 0.333. The van der Waals surface area contributed by atoms with Crippen molar-refractivity contribution >= 4 is 5.91 Å². The normalized spacial score (nSPS) is 18.5. The highest BCUT2D eigenvalue weighted by molar-refractivity contribution is 5.96. The number of carbonyl (C=O) groups excluding carboxylic acids is 1. The third-order valence-corrected chi connectivity index (χ3v) is 6.03. The summed E-state index contributed by atoms with van der Waals surface area (Å²) in [7, 11) is 0. The predicted molar refractivity (Wildman–Crippen MR) is 110 cm³/mol. The third kappa shape index (κ3) is 3.03. The van der Waals surface area contributed by atoms with Crippen LogP contribution in [0.15, 0.2) is 54.7 Å². The molecule has 1 N–H and O–H groups in total. The Morgan fingerprint density at radius 2 is 1.86 bits per heavy atom. The van der Waals surface area contributed by atoms with E-state index in [1.165, 1.54) is 16.7 Å². The highest BCUT2D eigenvalue weighted by Crippen LogP contribution is 2.43. The van der Waals surface area contributed by atoms with E-state index in [-0.39, 0.29) is 11.9 Å². The minimum absolute atomic E-state index is 0.00318. The lowest BCUT2D eigenvalue weighted by atomic mass is 9.87. The molecule has 2 aliphatic carbocycles. The maximum absolute atomic E-state index is 13.2. The zero-order valence-electron chi connectivity index (χ0n) is 16.2. The molecule has 1 aromatic heterocycles. The topological polar surface area (TPSA) is 46.9 Å². The van der Waals surface area contributed by atoms with Crippen LogP contribution in [0, 0.1) is 6.92 Å². The molecule has 1 unspecified atom stereocenters. The lowest BCUT2D eigenvalue weighted by molar-refractivity contribution is 0.0931. The number of rotatable bonds is 4. The molecule has 3 aromatic rings. The molecule has 1 fully saturated rings. The molecular formula is C24H25N3O. The summed E-state index contributed by atoms with van der Waals surface area (Å²) in [5.41, 5.74) is 6.65. The van der Waals surface area contributed by atoms with Gasteiger partial charge in [-0.05, 0) is 61.8 Å². The van der Waals surface area contributed by atoms with E-state index in [2.05, 4.69) is 53.7 Å². The molecule has 4 nitrogen and oxygen atoms in total. The van der Waals surface area contributed by atoms with E-state index in [4.69, 9.17) is 0 Å². The second-order valence-corrected chi connectivity index (χ2v) is 8.03. The molecule has 0 radical (unpaired) electrons. The first-order valence-electron chi connectivity index (χ1n) is 10.2. The zero-order valence-corrected chi connectivity index (χ0v) is 16.2. The monoisotopic (exact) mass is 371 g/mol. The number of amides is 1. The first-order chi connectivity index (χ1) is 13.7. The molecule has 142 valence electrons. The maximum atomic E-state index is 13.2. The van der Waals surface area contributed by atoms with Crippen LogP contribution in [0.25, 0.3) is 5.69 Å². The average molecular weight is 371 g/mol. The van der Waals surface area contributed by atoms with Gasteiger partial charge in [0.05, 0.1) is 29.2 Å².